The van der Waals surface area contributed by atoms with Crippen LogP contribution in [-0.4, -0.2) is 16.7 Å². The van der Waals surface area contributed by atoms with Gasteiger partial charge in [0.2, 0.25) is 12.2 Å². The lowest BCUT2D eigenvalue weighted by molar-refractivity contribution is 0.286. The van der Waals surface area contributed by atoms with Crippen LogP contribution in [0.3, 0.4) is 0 Å². The van der Waals surface area contributed by atoms with E-state index in [0.717, 1.165) is 25.1 Å². The summed E-state index contributed by atoms with van der Waals surface area (Å²) in [5, 5.41) is 7.24. The highest BCUT2D eigenvalue weighted by atomic mass is 16.5. The largest absolute Gasteiger partial charge is 0.485 e. The SMILES string of the molecule is CCCNC(CC)c1ccc(OCc2ncon2)cc1. The molecule has 5 heteroatoms. The lowest BCUT2D eigenvalue weighted by atomic mass is 10.0. The predicted octanol–water partition coefficient (Wildman–Crippen LogP) is 3.10. The first kappa shape index (κ1) is 14.5. The van der Waals surface area contributed by atoms with Crippen LogP contribution in [0.15, 0.2) is 35.2 Å². The fourth-order valence-corrected chi connectivity index (χ4v) is 2.02. The van der Waals surface area contributed by atoms with E-state index < -0.39 is 0 Å². The van der Waals surface area contributed by atoms with Crippen LogP contribution >= 0.6 is 0 Å². The van der Waals surface area contributed by atoms with Gasteiger partial charge in [0.1, 0.15) is 5.75 Å². The maximum Gasteiger partial charge on any atom is 0.213 e. The molecule has 1 N–H and O–H groups in total. The molecule has 1 aromatic carbocycles. The van der Waals surface area contributed by atoms with Crippen molar-refractivity contribution in [3.63, 3.8) is 0 Å². The van der Waals surface area contributed by atoms with Crippen molar-refractivity contribution >= 4 is 0 Å². The molecule has 0 spiro atoms. The number of benzene rings is 1. The number of nitrogens with zero attached hydrogens (tertiary/aromatic N) is 2. The molecule has 0 saturated carbocycles. The molecule has 0 radical (unpaired) electrons. The molecule has 0 fully saturated rings. The minimum Gasteiger partial charge on any atom is -0.485 e. The van der Waals surface area contributed by atoms with Gasteiger partial charge in [0.25, 0.3) is 0 Å². The van der Waals surface area contributed by atoms with Crippen molar-refractivity contribution in [2.75, 3.05) is 6.54 Å². The Labute approximate surface area is 119 Å². The summed E-state index contributed by atoms with van der Waals surface area (Å²) in [6.45, 7) is 5.72. The molecule has 0 amide bonds. The summed E-state index contributed by atoms with van der Waals surface area (Å²) >= 11 is 0. The highest BCUT2D eigenvalue weighted by Gasteiger charge is 2.08. The van der Waals surface area contributed by atoms with E-state index >= 15 is 0 Å². The van der Waals surface area contributed by atoms with Crippen molar-refractivity contribution in [1.82, 2.24) is 15.5 Å². The zero-order valence-electron chi connectivity index (χ0n) is 12.0. The van der Waals surface area contributed by atoms with Crippen LogP contribution in [0, 0.1) is 0 Å². The Morgan fingerprint density at radius 1 is 1.25 bits per heavy atom. The predicted molar refractivity (Wildman–Crippen MR) is 76.4 cm³/mol. The van der Waals surface area contributed by atoms with Crippen molar-refractivity contribution in [2.24, 2.45) is 0 Å². The molecule has 1 heterocycles. The van der Waals surface area contributed by atoms with Crippen LogP contribution in [0.1, 0.15) is 44.1 Å². The van der Waals surface area contributed by atoms with Gasteiger partial charge < -0.3 is 14.6 Å². The average molecular weight is 275 g/mol. The van der Waals surface area contributed by atoms with Gasteiger partial charge in [-0.05, 0) is 37.1 Å². The van der Waals surface area contributed by atoms with Crippen molar-refractivity contribution < 1.29 is 9.26 Å². The third kappa shape index (κ3) is 4.06. The maximum absolute atomic E-state index is 5.59. The van der Waals surface area contributed by atoms with Crippen LogP contribution in [0.25, 0.3) is 0 Å². The average Bonchev–Trinajstić information content (AvgIpc) is 3.00. The fourth-order valence-electron chi connectivity index (χ4n) is 2.02. The second-order valence-electron chi connectivity index (χ2n) is 4.62. The molecule has 0 aliphatic heterocycles. The van der Waals surface area contributed by atoms with Crippen LogP contribution in [0.5, 0.6) is 5.75 Å². The Morgan fingerprint density at radius 2 is 2.05 bits per heavy atom. The van der Waals surface area contributed by atoms with Crippen LogP contribution in [0.4, 0.5) is 0 Å². The fraction of sp³-hybridized carbons (Fsp3) is 0.467. The summed E-state index contributed by atoms with van der Waals surface area (Å²) in [6.07, 6.45) is 3.51. The molecule has 2 rings (SSSR count). The number of nitrogens with one attached hydrogen (secondary N) is 1. The minimum atomic E-state index is 0.321. The van der Waals surface area contributed by atoms with E-state index in [1.807, 2.05) is 12.1 Å². The summed E-state index contributed by atoms with van der Waals surface area (Å²) in [4.78, 5) is 3.91. The van der Waals surface area contributed by atoms with Gasteiger partial charge in [-0.15, -0.1) is 0 Å². The van der Waals surface area contributed by atoms with Crippen molar-refractivity contribution in [2.45, 2.75) is 39.3 Å². The van der Waals surface area contributed by atoms with E-state index in [4.69, 9.17) is 4.74 Å². The first-order valence-electron chi connectivity index (χ1n) is 7.04. The zero-order chi connectivity index (χ0) is 14.2. The van der Waals surface area contributed by atoms with Gasteiger partial charge in [0.05, 0.1) is 0 Å². The van der Waals surface area contributed by atoms with Crippen molar-refractivity contribution in [3.05, 3.63) is 42.0 Å². The highest BCUT2D eigenvalue weighted by Crippen LogP contribution is 2.20. The van der Waals surface area contributed by atoms with Crippen LogP contribution in [0.2, 0.25) is 0 Å². The van der Waals surface area contributed by atoms with Gasteiger partial charge in [0, 0.05) is 6.04 Å². The Balaban J connectivity index is 1.91. The molecule has 20 heavy (non-hydrogen) atoms. The van der Waals surface area contributed by atoms with E-state index in [-0.39, 0.29) is 0 Å². The normalized spacial score (nSPS) is 12.3. The summed E-state index contributed by atoms with van der Waals surface area (Å²) in [7, 11) is 0. The molecule has 108 valence electrons. The van der Waals surface area contributed by atoms with Crippen LogP contribution < -0.4 is 10.1 Å². The summed E-state index contributed by atoms with van der Waals surface area (Å²) in [5.74, 6) is 1.36. The third-order valence-electron chi connectivity index (χ3n) is 3.11. The summed E-state index contributed by atoms with van der Waals surface area (Å²) in [6, 6.07) is 8.56. The number of hydrogen-bond donors (Lipinski definition) is 1. The van der Waals surface area contributed by atoms with E-state index in [0.29, 0.717) is 18.5 Å². The standard InChI is InChI=1S/C15H21N3O2/c1-3-9-16-14(4-2)12-5-7-13(8-6-12)19-10-15-17-11-20-18-15/h5-8,11,14,16H,3-4,9-10H2,1-2H3. The molecule has 5 nitrogen and oxygen atoms in total. The number of rotatable bonds is 8. The first-order valence-corrected chi connectivity index (χ1v) is 7.04. The van der Waals surface area contributed by atoms with Gasteiger partial charge in [-0.3, -0.25) is 0 Å². The molecule has 0 bridgehead atoms. The third-order valence-corrected chi connectivity index (χ3v) is 3.11. The molecule has 0 saturated heterocycles. The quantitative estimate of drug-likeness (QED) is 0.802. The smallest absolute Gasteiger partial charge is 0.213 e. The van der Waals surface area contributed by atoms with E-state index in [1.165, 1.54) is 12.0 Å². The first-order chi connectivity index (χ1) is 9.83. The lowest BCUT2D eigenvalue weighted by Gasteiger charge is -2.17. The summed E-state index contributed by atoms with van der Waals surface area (Å²) in [5.41, 5.74) is 1.29. The minimum absolute atomic E-state index is 0.321. The van der Waals surface area contributed by atoms with Gasteiger partial charge in [-0.2, -0.15) is 4.98 Å². The van der Waals surface area contributed by atoms with Gasteiger partial charge in [-0.25, -0.2) is 0 Å². The topological polar surface area (TPSA) is 60.2 Å². The van der Waals surface area contributed by atoms with Crippen molar-refractivity contribution in [1.29, 1.82) is 0 Å². The van der Waals surface area contributed by atoms with E-state index in [9.17, 15) is 0 Å². The molecule has 0 aliphatic carbocycles. The molecular weight excluding hydrogens is 254 g/mol. The number of ether oxygens (including phenoxy) is 1. The van der Waals surface area contributed by atoms with Gasteiger partial charge in [0.15, 0.2) is 6.61 Å². The summed E-state index contributed by atoms with van der Waals surface area (Å²) < 4.78 is 10.3. The maximum atomic E-state index is 5.59. The van der Waals surface area contributed by atoms with Crippen LogP contribution in [-0.2, 0) is 6.61 Å². The molecule has 1 aromatic heterocycles. The molecule has 1 unspecified atom stereocenters. The van der Waals surface area contributed by atoms with Gasteiger partial charge in [-0.1, -0.05) is 31.1 Å². The molecule has 0 aliphatic rings. The lowest BCUT2D eigenvalue weighted by Crippen LogP contribution is -2.21. The Morgan fingerprint density at radius 3 is 2.65 bits per heavy atom. The monoisotopic (exact) mass is 275 g/mol. The second-order valence-corrected chi connectivity index (χ2v) is 4.62. The zero-order valence-corrected chi connectivity index (χ0v) is 12.0. The molecule has 2 aromatic rings. The van der Waals surface area contributed by atoms with E-state index in [2.05, 4.69) is 46.0 Å². The molecular formula is C15H21N3O2. The second kappa shape index (κ2) is 7.65. The Bertz CT molecular complexity index is 482. The van der Waals surface area contributed by atoms with Crippen molar-refractivity contribution in [3.8, 4) is 5.75 Å². The number of aromatic nitrogens is 2. The Hall–Kier alpha value is -1.88. The number of hydrogen-bond acceptors (Lipinski definition) is 5. The highest BCUT2D eigenvalue weighted by molar-refractivity contribution is 5.29. The molecule has 1 atom stereocenters. The Kier molecular flexibility index (Phi) is 5.55. The van der Waals surface area contributed by atoms with Gasteiger partial charge >= 0.3 is 0 Å². The van der Waals surface area contributed by atoms with E-state index in [1.54, 1.807) is 0 Å².